The van der Waals surface area contributed by atoms with E-state index in [1.807, 2.05) is 0 Å². The van der Waals surface area contributed by atoms with E-state index in [0.29, 0.717) is 22.3 Å². The third-order valence-corrected chi connectivity index (χ3v) is 13.1. The minimum Gasteiger partial charge on any atom is -0.508 e. The van der Waals surface area contributed by atoms with Gasteiger partial charge in [-0.05, 0) is 95.5 Å². The van der Waals surface area contributed by atoms with Crippen LogP contribution in [0.2, 0.25) is 0 Å². The second-order valence-corrected chi connectivity index (χ2v) is 19.9. The fraction of sp³-hybridized carbons (Fsp3) is 0.393. The molecule has 0 saturated heterocycles. The minimum atomic E-state index is -1.99. The number of aromatic hydroxyl groups is 4. The molecule has 0 spiro atoms. The van der Waals surface area contributed by atoms with E-state index in [0.717, 1.165) is 0 Å². The summed E-state index contributed by atoms with van der Waals surface area (Å²) in [6.45, 7) is 6.35. The van der Waals surface area contributed by atoms with Crippen LogP contribution in [0.25, 0.3) is 0 Å². The largest absolute Gasteiger partial charge is 0.508 e. The number of nitrogens with two attached hydrogens (primary N) is 1. The van der Waals surface area contributed by atoms with Gasteiger partial charge >= 0.3 is 17.9 Å². The summed E-state index contributed by atoms with van der Waals surface area (Å²) in [7, 11) is 0. The van der Waals surface area contributed by atoms with Crippen molar-refractivity contribution in [3.8, 4) is 23.0 Å². The van der Waals surface area contributed by atoms with Crippen LogP contribution in [0.5, 0.6) is 23.0 Å². The monoisotopic (exact) mass is 1130 g/mol. The number of nitrogens with one attached hydrogen (secondary N) is 7. The molecule has 25 heteroatoms. The Balaban J connectivity index is 1.66. The summed E-state index contributed by atoms with van der Waals surface area (Å²) in [6, 6.07) is 9.62. The number of phenolic OH excluding ortho intramolecular Hbond substituents is 4. The molecule has 0 aromatic heterocycles. The highest BCUT2D eigenvalue weighted by Crippen LogP contribution is 2.18. The zero-order chi connectivity index (χ0) is 60.1. The summed E-state index contributed by atoms with van der Waals surface area (Å²) in [4.78, 5) is 135. The summed E-state index contributed by atoms with van der Waals surface area (Å²) in [6.07, 6.45) is -2.92. The molecule has 4 rings (SSSR count). The van der Waals surface area contributed by atoms with Crippen LogP contribution >= 0.6 is 0 Å². The normalized spacial score (nSPS) is 14.4. The SMILES string of the molecule is CCC(C)[C@H](NC(=O)[C@H](CCC(=O)O)NC(=O)[C@@H](N)Cc1ccc(O)cc1)C(=O)N[C@@H](Cc1ccc(O)cc1)C(=O)N[C@@H](CC(=O)O)C(=O)N[C@@H](Cc1ccc(O)cc1)C(=O)N[C@@H](Cc1ccc(O)cc1)C(=O)N[C@H](C(=O)O)C(C)C. The predicted molar refractivity (Wildman–Crippen MR) is 290 cm³/mol. The first-order valence-electron chi connectivity index (χ1n) is 25.9. The number of phenols is 4. The molecule has 0 fully saturated rings. The van der Waals surface area contributed by atoms with Crippen LogP contribution in [0.3, 0.4) is 0 Å². The molecule has 16 N–H and O–H groups in total. The lowest BCUT2D eigenvalue weighted by molar-refractivity contribution is -0.143. The van der Waals surface area contributed by atoms with Gasteiger partial charge in [-0.3, -0.25) is 43.2 Å². The number of aliphatic carboxylic acids is 3. The molecule has 436 valence electrons. The highest BCUT2D eigenvalue weighted by atomic mass is 16.4. The Bertz CT molecular complexity index is 2830. The maximum atomic E-state index is 14.5. The van der Waals surface area contributed by atoms with Crippen LogP contribution in [0.4, 0.5) is 0 Å². The molecule has 4 aromatic rings. The van der Waals surface area contributed by atoms with E-state index >= 15 is 0 Å². The standard InChI is InChI=1S/C56H70N8O17/c1-5-30(4)48(64-50(74)40(22-23-45(69)70)58-49(73)39(57)24-31-6-14-35(65)15-7-31)55(79)62-42(26-33-10-18-37(67)19-11-33)52(76)61-44(28-46(71)72)53(77)59-41(25-32-8-16-36(66)17-9-32)51(75)60-43(27-34-12-20-38(68)21-13-34)54(78)63-47(29(2)3)56(80)81/h6-21,29-30,39-44,47-48,65-68H,5,22-28,57H2,1-4H3,(H,58,73)(H,59,77)(H,60,75)(H,61,76)(H,62,79)(H,63,78)(H,64,74)(H,69,70)(H,71,72)(H,80,81)/t30?,39-,40-,41-,42-,43-,44-,47-,48-/m0/s1. The first kappa shape index (κ1) is 64.3. The first-order chi connectivity index (χ1) is 38.2. The smallest absolute Gasteiger partial charge is 0.326 e. The molecule has 0 aliphatic rings. The Morgan fingerprint density at radius 3 is 1.09 bits per heavy atom. The van der Waals surface area contributed by atoms with Gasteiger partial charge in [0.2, 0.25) is 41.4 Å². The van der Waals surface area contributed by atoms with Crippen molar-refractivity contribution in [2.45, 2.75) is 127 Å². The Labute approximate surface area is 466 Å². The quantitative estimate of drug-likeness (QED) is 0.0328. The third-order valence-electron chi connectivity index (χ3n) is 13.1. The molecule has 4 aromatic carbocycles. The van der Waals surface area contributed by atoms with Crippen molar-refractivity contribution >= 4 is 59.3 Å². The summed E-state index contributed by atoms with van der Waals surface area (Å²) < 4.78 is 0. The van der Waals surface area contributed by atoms with E-state index in [-0.39, 0.29) is 55.1 Å². The van der Waals surface area contributed by atoms with Crippen molar-refractivity contribution in [1.82, 2.24) is 37.2 Å². The number of carbonyl (C=O) groups excluding carboxylic acids is 7. The van der Waals surface area contributed by atoms with Gasteiger partial charge in [-0.15, -0.1) is 0 Å². The van der Waals surface area contributed by atoms with Gasteiger partial charge in [0.25, 0.3) is 0 Å². The molecule has 1 unspecified atom stereocenters. The number of carboxylic acids is 3. The van der Waals surface area contributed by atoms with E-state index in [1.54, 1.807) is 27.7 Å². The highest BCUT2D eigenvalue weighted by Gasteiger charge is 2.37. The Hall–Kier alpha value is -9.26. The first-order valence-corrected chi connectivity index (χ1v) is 25.9. The molecule has 9 atom stereocenters. The lowest BCUT2D eigenvalue weighted by Crippen LogP contribution is -2.61. The maximum absolute atomic E-state index is 14.5. The van der Waals surface area contributed by atoms with Crippen molar-refractivity contribution in [2.75, 3.05) is 0 Å². The van der Waals surface area contributed by atoms with Crippen LogP contribution in [0, 0.1) is 11.8 Å². The van der Waals surface area contributed by atoms with Crippen LogP contribution < -0.4 is 43.0 Å². The number of hydrogen-bond donors (Lipinski definition) is 15. The second-order valence-electron chi connectivity index (χ2n) is 19.9. The number of rotatable bonds is 31. The minimum absolute atomic E-state index is 0.0297. The molecule has 7 amide bonds. The van der Waals surface area contributed by atoms with Crippen molar-refractivity contribution in [2.24, 2.45) is 17.6 Å². The van der Waals surface area contributed by atoms with Gasteiger partial charge in [-0.2, -0.15) is 0 Å². The second kappa shape index (κ2) is 30.8. The molecule has 81 heavy (non-hydrogen) atoms. The molecule has 25 nitrogen and oxygen atoms in total. The van der Waals surface area contributed by atoms with E-state index in [2.05, 4.69) is 37.2 Å². The summed E-state index contributed by atoms with van der Waals surface area (Å²) in [5.41, 5.74) is 7.78. The molecule has 0 saturated carbocycles. The van der Waals surface area contributed by atoms with E-state index < -0.39 is 139 Å². The van der Waals surface area contributed by atoms with Gasteiger partial charge in [0.15, 0.2) is 0 Å². The molecular formula is C56H70N8O17. The number of amides is 7. The number of carboxylic acid groups (broad SMARTS) is 3. The lowest BCUT2D eigenvalue weighted by Gasteiger charge is -2.29. The highest BCUT2D eigenvalue weighted by molar-refractivity contribution is 5.99. The van der Waals surface area contributed by atoms with Gasteiger partial charge in [-0.1, -0.05) is 82.6 Å². The fourth-order valence-corrected chi connectivity index (χ4v) is 8.21. The average molecular weight is 1130 g/mol. The van der Waals surface area contributed by atoms with Crippen LogP contribution in [0.15, 0.2) is 97.1 Å². The van der Waals surface area contributed by atoms with Crippen LogP contribution in [-0.4, -0.2) is 143 Å². The molecule has 0 aliphatic carbocycles. The Morgan fingerprint density at radius 2 is 0.728 bits per heavy atom. The Morgan fingerprint density at radius 1 is 0.407 bits per heavy atom. The van der Waals surface area contributed by atoms with Crippen molar-refractivity contribution in [1.29, 1.82) is 0 Å². The molecule has 0 heterocycles. The number of carbonyl (C=O) groups is 10. The van der Waals surface area contributed by atoms with E-state index in [4.69, 9.17) is 5.73 Å². The summed E-state index contributed by atoms with van der Waals surface area (Å²) in [5, 5.41) is 86.3. The summed E-state index contributed by atoms with van der Waals surface area (Å²) >= 11 is 0. The van der Waals surface area contributed by atoms with Gasteiger partial charge in [0.1, 0.15) is 65.3 Å². The van der Waals surface area contributed by atoms with Gasteiger partial charge in [0, 0.05) is 25.7 Å². The number of benzene rings is 4. The van der Waals surface area contributed by atoms with Gasteiger partial charge in [0.05, 0.1) is 12.5 Å². The van der Waals surface area contributed by atoms with Gasteiger partial charge in [-0.25, -0.2) is 4.79 Å². The van der Waals surface area contributed by atoms with Crippen molar-refractivity contribution < 1.29 is 83.7 Å². The molecule has 0 aliphatic heterocycles. The molecule has 0 bridgehead atoms. The average Bonchev–Trinajstić information content (AvgIpc) is 3.43. The van der Waals surface area contributed by atoms with Crippen molar-refractivity contribution in [3.05, 3.63) is 119 Å². The predicted octanol–water partition coefficient (Wildman–Crippen LogP) is 0.627. The topological polar surface area (TPSA) is 423 Å². The molecule has 0 radical (unpaired) electrons. The Kier molecular flexibility index (Phi) is 24.4. The van der Waals surface area contributed by atoms with Gasteiger partial charge < -0.3 is 78.7 Å². The van der Waals surface area contributed by atoms with Crippen LogP contribution in [-0.2, 0) is 73.6 Å². The maximum Gasteiger partial charge on any atom is 0.326 e. The molecular weight excluding hydrogens is 1060 g/mol. The third kappa shape index (κ3) is 21.1. The number of hydrogen-bond acceptors (Lipinski definition) is 15. The van der Waals surface area contributed by atoms with E-state index in [1.165, 1.54) is 97.1 Å². The van der Waals surface area contributed by atoms with Crippen LogP contribution in [0.1, 0.15) is 75.6 Å². The lowest BCUT2D eigenvalue weighted by atomic mass is 9.96. The fourth-order valence-electron chi connectivity index (χ4n) is 8.21. The zero-order valence-electron chi connectivity index (χ0n) is 45.0. The zero-order valence-corrected chi connectivity index (χ0v) is 45.0. The summed E-state index contributed by atoms with van der Waals surface area (Å²) in [5.74, 6) is -13.2. The van der Waals surface area contributed by atoms with Crippen molar-refractivity contribution in [3.63, 3.8) is 0 Å². The van der Waals surface area contributed by atoms with E-state index in [9.17, 15) is 83.7 Å².